The van der Waals surface area contributed by atoms with Crippen molar-refractivity contribution in [1.82, 2.24) is 15.3 Å². The van der Waals surface area contributed by atoms with Gasteiger partial charge in [-0.25, -0.2) is 4.98 Å². The number of carbonyl (C=O) groups is 1. The third-order valence-corrected chi connectivity index (χ3v) is 4.77. The number of fused-ring (bicyclic) bond motifs is 1. The molecule has 0 bridgehead atoms. The maximum atomic E-state index is 12.6. The Balaban J connectivity index is 1.43. The van der Waals surface area contributed by atoms with Gasteiger partial charge in [-0.3, -0.25) is 9.78 Å². The minimum Gasteiger partial charge on any atom is -0.497 e. The highest BCUT2D eigenvalue weighted by atomic mass is 16.5. The van der Waals surface area contributed by atoms with Crippen LogP contribution < -0.4 is 10.1 Å². The molecule has 1 fully saturated rings. The molecule has 1 saturated carbocycles. The second kappa shape index (κ2) is 6.51. The lowest BCUT2D eigenvalue weighted by Crippen LogP contribution is -2.43. The van der Waals surface area contributed by atoms with Crippen molar-refractivity contribution >= 4 is 16.8 Å². The highest BCUT2D eigenvalue weighted by Crippen LogP contribution is 2.38. The molecule has 1 aliphatic rings. The fraction of sp³-hybridized carbons (Fsp3) is 0.250. The van der Waals surface area contributed by atoms with Crippen molar-refractivity contribution in [2.24, 2.45) is 0 Å². The second-order valence-corrected chi connectivity index (χ2v) is 6.35. The molecule has 0 spiro atoms. The molecule has 0 unspecified atom stereocenters. The van der Waals surface area contributed by atoms with Crippen LogP contribution in [-0.2, 0) is 0 Å². The van der Waals surface area contributed by atoms with Crippen LogP contribution in [0.25, 0.3) is 10.9 Å². The number of hydrogen-bond acceptors (Lipinski definition) is 4. The van der Waals surface area contributed by atoms with Gasteiger partial charge in [-0.05, 0) is 48.6 Å². The number of methoxy groups -OCH3 is 1. The van der Waals surface area contributed by atoms with Crippen LogP contribution in [0.2, 0.25) is 0 Å². The monoisotopic (exact) mass is 333 g/mol. The first-order valence-corrected chi connectivity index (χ1v) is 8.39. The molecule has 1 amide bonds. The van der Waals surface area contributed by atoms with E-state index < -0.39 is 0 Å². The standard InChI is InChI=1S/C20H19N3O2/c1-25-17-6-2-4-14(12-17)15-10-16(11-15)23-20(24)19-18-13(7-9-22-19)5-3-8-21-18/h2-9,12,15-16H,10-11H2,1H3,(H,23,24). The predicted octanol–water partition coefficient (Wildman–Crippen LogP) is 3.31. The van der Waals surface area contributed by atoms with Crippen LogP contribution in [0.1, 0.15) is 34.8 Å². The lowest BCUT2D eigenvalue weighted by Gasteiger charge is -2.36. The van der Waals surface area contributed by atoms with E-state index in [2.05, 4.69) is 27.4 Å². The maximum absolute atomic E-state index is 12.6. The van der Waals surface area contributed by atoms with Gasteiger partial charge in [0.05, 0.1) is 7.11 Å². The largest absolute Gasteiger partial charge is 0.497 e. The minimum atomic E-state index is -0.154. The molecule has 4 rings (SSSR count). The van der Waals surface area contributed by atoms with E-state index >= 15 is 0 Å². The molecule has 2 aromatic heterocycles. The van der Waals surface area contributed by atoms with Crippen LogP contribution >= 0.6 is 0 Å². The van der Waals surface area contributed by atoms with E-state index in [-0.39, 0.29) is 11.9 Å². The number of rotatable bonds is 4. The summed E-state index contributed by atoms with van der Waals surface area (Å²) >= 11 is 0. The molecule has 1 N–H and O–H groups in total. The summed E-state index contributed by atoms with van der Waals surface area (Å²) < 4.78 is 5.28. The van der Waals surface area contributed by atoms with E-state index in [1.807, 2.05) is 30.3 Å². The first kappa shape index (κ1) is 15.6. The van der Waals surface area contributed by atoms with Crippen molar-refractivity contribution in [3.05, 3.63) is 66.1 Å². The molecule has 126 valence electrons. The number of carbonyl (C=O) groups excluding carboxylic acids is 1. The number of benzene rings is 1. The van der Waals surface area contributed by atoms with Gasteiger partial charge in [-0.2, -0.15) is 0 Å². The van der Waals surface area contributed by atoms with Crippen LogP contribution in [-0.4, -0.2) is 29.0 Å². The Morgan fingerprint density at radius 3 is 2.84 bits per heavy atom. The SMILES string of the molecule is COc1cccc(C2CC(NC(=O)c3nccc4cccnc34)C2)c1. The topological polar surface area (TPSA) is 64.1 Å². The van der Waals surface area contributed by atoms with Crippen LogP contribution in [0.5, 0.6) is 5.75 Å². The predicted molar refractivity (Wildman–Crippen MR) is 95.8 cm³/mol. The van der Waals surface area contributed by atoms with E-state index in [1.54, 1.807) is 19.5 Å². The van der Waals surface area contributed by atoms with Crippen molar-refractivity contribution in [2.75, 3.05) is 7.11 Å². The molecule has 3 aromatic rings. The zero-order valence-corrected chi connectivity index (χ0v) is 14.0. The third kappa shape index (κ3) is 3.05. The van der Waals surface area contributed by atoms with Gasteiger partial charge in [-0.15, -0.1) is 0 Å². The average Bonchev–Trinajstić information content (AvgIpc) is 2.63. The van der Waals surface area contributed by atoms with Gasteiger partial charge in [-0.1, -0.05) is 18.2 Å². The van der Waals surface area contributed by atoms with Gasteiger partial charge >= 0.3 is 0 Å². The van der Waals surface area contributed by atoms with Gasteiger partial charge in [0.25, 0.3) is 5.91 Å². The van der Waals surface area contributed by atoms with Crippen molar-refractivity contribution in [1.29, 1.82) is 0 Å². The summed E-state index contributed by atoms with van der Waals surface area (Å²) in [6.07, 6.45) is 5.19. The summed E-state index contributed by atoms with van der Waals surface area (Å²) in [7, 11) is 1.67. The maximum Gasteiger partial charge on any atom is 0.272 e. The number of amides is 1. The van der Waals surface area contributed by atoms with Crippen LogP contribution in [0, 0.1) is 0 Å². The Labute approximate surface area is 146 Å². The van der Waals surface area contributed by atoms with Crippen molar-refractivity contribution in [3.8, 4) is 5.75 Å². The fourth-order valence-electron chi connectivity index (χ4n) is 3.33. The van der Waals surface area contributed by atoms with E-state index in [9.17, 15) is 4.79 Å². The van der Waals surface area contributed by atoms with E-state index in [0.717, 1.165) is 24.0 Å². The normalized spacial score (nSPS) is 19.2. The Bertz CT molecular complexity index is 914. The molecule has 1 aliphatic carbocycles. The molecule has 0 radical (unpaired) electrons. The summed E-state index contributed by atoms with van der Waals surface area (Å²) in [4.78, 5) is 21.1. The van der Waals surface area contributed by atoms with E-state index in [1.165, 1.54) is 5.56 Å². The van der Waals surface area contributed by atoms with Crippen molar-refractivity contribution in [3.63, 3.8) is 0 Å². The van der Waals surface area contributed by atoms with Gasteiger partial charge in [0.2, 0.25) is 0 Å². The molecule has 0 saturated heterocycles. The second-order valence-electron chi connectivity index (χ2n) is 6.35. The number of hydrogen-bond donors (Lipinski definition) is 1. The van der Waals surface area contributed by atoms with Gasteiger partial charge in [0.1, 0.15) is 11.3 Å². The first-order valence-electron chi connectivity index (χ1n) is 8.39. The molecule has 2 heterocycles. The Hall–Kier alpha value is -2.95. The number of nitrogens with one attached hydrogen (secondary N) is 1. The Morgan fingerprint density at radius 2 is 2.00 bits per heavy atom. The number of pyridine rings is 2. The van der Waals surface area contributed by atoms with Crippen LogP contribution in [0.15, 0.2) is 54.9 Å². The minimum absolute atomic E-state index is 0.154. The zero-order valence-electron chi connectivity index (χ0n) is 14.0. The van der Waals surface area contributed by atoms with Crippen molar-refractivity contribution in [2.45, 2.75) is 24.8 Å². The molecule has 0 atom stereocenters. The van der Waals surface area contributed by atoms with Crippen LogP contribution in [0.3, 0.4) is 0 Å². The molecular formula is C20H19N3O2. The Morgan fingerprint density at radius 1 is 1.12 bits per heavy atom. The third-order valence-electron chi connectivity index (χ3n) is 4.77. The lowest BCUT2D eigenvalue weighted by atomic mass is 9.76. The van der Waals surface area contributed by atoms with Crippen LogP contribution in [0.4, 0.5) is 0 Å². The number of nitrogens with zero attached hydrogens (tertiary/aromatic N) is 2. The highest BCUT2D eigenvalue weighted by Gasteiger charge is 2.32. The fourth-order valence-corrected chi connectivity index (χ4v) is 3.33. The van der Waals surface area contributed by atoms with E-state index in [0.29, 0.717) is 17.1 Å². The van der Waals surface area contributed by atoms with Gasteiger partial charge in [0.15, 0.2) is 5.69 Å². The summed E-state index contributed by atoms with van der Waals surface area (Å²) in [6.45, 7) is 0. The van der Waals surface area contributed by atoms with Crippen molar-refractivity contribution < 1.29 is 9.53 Å². The zero-order chi connectivity index (χ0) is 17.2. The summed E-state index contributed by atoms with van der Waals surface area (Å²) in [5.41, 5.74) is 2.30. The molecule has 25 heavy (non-hydrogen) atoms. The molecular weight excluding hydrogens is 314 g/mol. The molecule has 0 aliphatic heterocycles. The smallest absolute Gasteiger partial charge is 0.272 e. The summed E-state index contributed by atoms with van der Waals surface area (Å²) in [5.74, 6) is 1.17. The van der Waals surface area contributed by atoms with Gasteiger partial charge < -0.3 is 10.1 Å². The number of ether oxygens (including phenoxy) is 1. The summed E-state index contributed by atoms with van der Waals surface area (Å²) in [6, 6.07) is 14.0. The quantitative estimate of drug-likeness (QED) is 0.795. The molecule has 5 heteroatoms. The average molecular weight is 333 g/mol. The highest BCUT2D eigenvalue weighted by molar-refractivity contribution is 6.03. The Kier molecular flexibility index (Phi) is 4.06. The summed E-state index contributed by atoms with van der Waals surface area (Å²) in [5, 5.41) is 4.00. The molecule has 5 nitrogen and oxygen atoms in total. The first-order chi connectivity index (χ1) is 12.2. The van der Waals surface area contributed by atoms with Gasteiger partial charge in [0, 0.05) is 23.8 Å². The lowest BCUT2D eigenvalue weighted by molar-refractivity contribution is 0.0905. The number of aromatic nitrogens is 2. The van der Waals surface area contributed by atoms with E-state index in [4.69, 9.17) is 4.74 Å². The molecule has 1 aromatic carbocycles.